The molecule has 0 aromatic heterocycles. The summed E-state index contributed by atoms with van der Waals surface area (Å²) in [5, 5.41) is 11.5. The van der Waals surface area contributed by atoms with Crippen molar-refractivity contribution in [3.63, 3.8) is 0 Å². The minimum Gasteiger partial charge on any atom is -0.497 e. The number of carbonyl (C=O) groups is 2. The van der Waals surface area contributed by atoms with Crippen molar-refractivity contribution >= 4 is 12.3 Å². The molecule has 1 saturated heterocycles. The zero-order valence-corrected chi connectivity index (χ0v) is 24.6. The van der Waals surface area contributed by atoms with Gasteiger partial charge in [0.25, 0.3) is 0 Å². The number of rotatable bonds is 12. The number of carbonyl (C=O) groups excluding carboxylic acids is 2. The number of fused-ring (bicyclic) bond motifs is 3. The van der Waals surface area contributed by atoms with E-state index in [1.807, 2.05) is 32.1 Å². The second-order valence-electron chi connectivity index (χ2n) is 12.1. The number of nitrogens with zero attached hydrogens (tertiary/aromatic N) is 1. The third-order valence-corrected chi connectivity index (χ3v) is 8.95. The lowest BCUT2D eigenvalue weighted by Crippen LogP contribution is -2.49. The van der Waals surface area contributed by atoms with E-state index in [2.05, 4.69) is 17.9 Å². The first-order chi connectivity index (χ1) is 19.7. The van der Waals surface area contributed by atoms with Gasteiger partial charge in [-0.3, -0.25) is 4.90 Å². The van der Waals surface area contributed by atoms with Crippen molar-refractivity contribution in [2.45, 2.75) is 94.5 Å². The Kier molecular flexibility index (Phi) is 8.51. The quantitative estimate of drug-likeness (QED) is 0.172. The summed E-state index contributed by atoms with van der Waals surface area (Å²) in [7, 11) is 1.58. The van der Waals surface area contributed by atoms with E-state index in [1.54, 1.807) is 13.2 Å². The molecular formula is C32H43NO8. The van der Waals surface area contributed by atoms with Crippen LogP contribution in [-0.4, -0.2) is 78.7 Å². The molecule has 4 atom stereocenters. The van der Waals surface area contributed by atoms with Gasteiger partial charge in [0.05, 0.1) is 24.2 Å². The standard InChI is InChI=1S/C32H43NO8/c1-5-6-17-40-30(2,3)10-7-12-32(36,13-16-34)29(35)41-28-26(37-4)20-31-11-8-14-33(31)15-9-22-18-24-25(39-21-38-24)19-23(22)27(28)31/h7,10,16,18-20,27-28,36H,5-6,8-9,11-15,17,21H2,1-4H3/b10-7+/t27-,28-,31+,32-/m1/s1. The van der Waals surface area contributed by atoms with Crippen LogP contribution in [0.1, 0.15) is 76.3 Å². The number of aliphatic hydroxyl groups is 1. The Morgan fingerprint density at radius 3 is 2.73 bits per heavy atom. The smallest absolute Gasteiger partial charge is 0.339 e. The molecule has 3 heterocycles. The zero-order chi connectivity index (χ0) is 29.3. The molecule has 0 saturated carbocycles. The van der Waals surface area contributed by atoms with Crippen LogP contribution in [0.15, 0.2) is 36.1 Å². The van der Waals surface area contributed by atoms with Crippen molar-refractivity contribution in [3.8, 4) is 11.5 Å². The molecule has 9 heteroatoms. The molecule has 1 N–H and O–H groups in total. The van der Waals surface area contributed by atoms with Crippen LogP contribution in [0.25, 0.3) is 0 Å². The first-order valence-corrected chi connectivity index (χ1v) is 14.8. The number of hydrogen-bond donors (Lipinski definition) is 1. The minimum absolute atomic E-state index is 0.0822. The number of esters is 1. The predicted molar refractivity (Wildman–Crippen MR) is 152 cm³/mol. The van der Waals surface area contributed by atoms with Gasteiger partial charge in [0.2, 0.25) is 6.79 Å². The first-order valence-electron chi connectivity index (χ1n) is 14.8. The maximum Gasteiger partial charge on any atom is 0.339 e. The normalized spacial score (nSPS) is 26.5. The van der Waals surface area contributed by atoms with Gasteiger partial charge in [0, 0.05) is 26.0 Å². The van der Waals surface area contributed by atoms with Crippen molar-refractivity contribution in [2.24, 2.45) is 0 Å². The molecule has 41 heavy (non-hydrogen) atoms. The molecule has 4 aliphatic rings. The fourth-order valence-corrected chi connectivity index (χ4v) is 6.77. The third kappa shape index (κ3) is 5.64. The molecule has 0 unspecified atom stereocenters. The fraction of sp³-hybridized carbons (Fsp3) is 0.625. The molecule has 1 aromatic rings. The summed E-state index contributed by atoms with van der Waals surface area (Å²) in [5.41, 5.74) is -0.838. The first kappa shape index (κ1) is 29.6. The lowest BCUT2D eigenvalue weighted by Gasteiger charge is -2.39. The van der Waals surface area contributed by atoms with Crippen molar-refractivity contribution in [3.05, 3.63) is 47.2 Å². The van der Waals surface area contributed by atoms with Gasteiger partial charge in [-0.1, -0.05) is 25.5 Å². The molecule has 0 bridgehead atoms. The number of benzene rings is 1. The fourth-order valence-electron chi connectivity index (χ4n) is 6.77. The molecule has 224 valence electrons. The summed E-state index contributed by atoms with van der Waals surface area (Å²) in [6.45, 7) is 8.52. The maximum atomic E-state index is 13.8. The molecular weight excluding hydrogens is 526 g/mol. The maximum absolute atomic E-state index is 13.8. The molecule has 0 amide bonds. The molecule has 1 spiro atoms. The number of unbranched alkanes of at least 4 members (excludes halogenated alkanes) is 1. The van der Waals surface area contributed by atoms with Gasteiger partial charge in [-0.05, 0) is 75.4 Å². The average molecular weight is 570 g/mol. The zero-order valence-electron chi connectivity index (χ0n) is 24.6. The number of aldehydes is 1. The Bertz CT molecular complexity index is 1210. The SMILES string of the molecule is CCCCOC(C)(C)/C=C/C[C@@](O)(CC=O)C(=O)O[C@@H]1C(OC)=C[C@]23CCCN2CCc2cc4c(cc2[C@H]13)OCO4. The van der Waals surface area contributed by atoms with Crippen molar-refractivity contribution in [2.75, 3.05) is 33.6 Å². The van der Waals surface area contributed by atoms with Crippen molar-refractivity contribution in [1.82, 2.24) is 4.90 Å². The number of ether oxygens (including phenoxy) is 5. The van der Waals surface area contributed by atoms with E-state index in [0.717, 1.165) is 62.1 Å². The summed E-state index contributed by atoms with van der Waals surface area (Å²) in [5.74, 6) is 0.834. The molecule has 1 aliphatic carbocycles. The highest BCUT2D eigenvalue weighted by atomic mass is 16.7. The Morgan fingerprint density at radius 1 is 1.22 bits per heavy atom. The largest absolute Gasteiger partial charge is 0.497 e. The van der Waals surface area contributed by atoms with Crippen LogP contribution in [0.2, 0.25) is 0 Å². The van der Waals surface area contributed by atoms with Gasteiger partial charge < -0.3 is 33.6 Å². The van der Waals surface area contributed by atoms with Crippen LogP contribution in [0.5, 0.6) is 11.5 Å². The van der Waals surface area contributed by atoms with Gasteiger partial charge >= 0.3 is 5.97 Å². The molecule has 3 aliphatic heterocycles. The van der Waals surface area contributed by atoms with Crippen molar-refractivity contribution < 1.29 is 38.4 Å². The Hall–Kier alpha value is -2.88. The Balaban J connectivity index is 1.43. The predicted octanol–water partition coefficient (Wildman–Crippen LogP) is 4.21. The molecule has 9 nitrogen and oxygen atoms in total. The summed E-state index contributed by atoms with van der Waals surface area (Å²) < 4.78 is 29.3. The third-order valence-electron chi connectivity index (χ3n) is 8.95. The van der Waals surface area contributed by atoms with Crippen LogP contribution < -0.4 is 9.47 Å². The summed E-state index contributed by atoms with van der Waals surface area (Å²) in [6.07, 6.45) is 9.64. The lowest BCUT2D eigenvalue weighted by molar-refractivity contribution is -0.173. The van der Waals surface area contributed by atoms with E-state index < -0.39 is 28.8 Å². The molecule has 5 rings (SSSR count). The van der Waals surface area contributed by atoms with Gasteiger partial charge in [-0.2, -0.15) is 0 Å². The van der Waals surface area contributed by atoms with Crippen LogP contribution in [0.4, 0.5) is 0 Å². The second-order valence-corrected chi connectivity index (χ2v) is 12.1. The van der Waals surface area contributed by atoms with Crippen LogP contribution >= 0.6 is 0 Å². The minimum atomic E-state index is -2.02. The van der Waals surface area contributed by atoms with E-state index in [-0.39, 0.29) is 25.6 Å². The summed E-state index contributed by atoms with van der Waals surface area (Å²) in [6, 6.07) is 4.05. The van der Waals surface area contributed by atoms with Gasteiger partial charge in [0.15, 0.2) is 23.2 Å². The van der Waals surface area contributed by atoms with Gasteiger partial charge in [-0.15, -0.1) is 0 Å². The monoisotopic (exact) mass is 569 g/mol. The topological polar surface area (TPSA) is 104 Å². The van der Waals surface area contributed by atoms with E-state index in [1.165, 1.54) is 0 Å². The van der Waals surface area contributed by atoms with Crippen LogP contribution in [-0.2, 0) is 30.2 Å². The number of hydrogen-bond acceptors (Lipinski definition) is 9. The van der Waals surface area contributed by atoms with E-state index in [9.17, 15) is 14.7 Å². The highest BCUT2D eigenvalue weighted by Gasteiger charge is 2.58. The Labute approximate surface area is 242 Å². The molecule has 1 aromatic carbocycles. The molecule has 0 radical (unpaired) electrons. The second kappa shape index (κ2) is 11.8. The highest BCUT2D eigenvalue weighted by Crippen LogP contribution is 2.55. The lowest BCUT2D eigenvalue weighted by atomic mass is 9.77. The van der Waals surface area contributed by atoms with Gasteiger partial charge in [0.1, 0.15) is 12.0 Å². The van der Waals surface area contributed by atoms with E-state index in [0.29, 0.717) is 24.4 Å². The van der Waals surface area contributed by atoms with E-state index in [4.69, 9.17) is 23.7 Å². The summed E-state index contributed by atoms with van der Waals surface area (Å²) >= 11 is 0. The Morgan fingerprint density at radius 2 is 2.00 bits per heavy atom. The summed E-state index contributed by atoms with van der Waals surface area (Å²) in [4.78, 5) is 27.8. The molecule has 1 fully saturated rings. The average Bonchev–Trinajstić information content (AvgIpc) is 3.62. The van der Waals surface area contributed by atoms with E-state index >= 15 is 0 Å². The van der Waals surface area contributed by atoms with Gasteiger partial charge in [-0.25, -0.2) is 4.79 Å². The van der Waals surface area contributed by atoms with Crippen molar-refractivity contribution in [1.29, 1.82) is 0 Å². The van der Waals surface area contributed by atoms with Crippen LogP contribution in [0, 0.1) is 0 Å². The van der Waals surface area contributed by atoms with Crippen LogP contribution in [0.3, 0.4) is 0 Å². The highest BCUT2D eigenvalue weighted by molar-refractivity contribution is 5.83. The number of methoxy groups -OCH3 is 1.